The third kappa shape index (κ3) is 2.34. The molecule has 0 unspecified atom stereocenters. The number of para-hydroxylation sites is 3. The van der Waals surface area contributed by atoms with Crippen molar-refractivity contribution in [3.63, 3.8) is 0 Å². The fourth-order valence-electron chi connectivity index (χ4n) is 3.70. The van der Waals surface area contributed by atoms with Gasteiger partial charge in [0.05, 0.1) is 18.1 Å². The van der Waals surface area contributed by atoms with Crippen LogP contribution in [0.5, 0.6) is 11.5 Å². The van der Waals surface area contributed by atoms with Gasteiger partial charge >= 0.3 is 0 Å². The summed E-state index contributed by atoms with van der Waals surface area (Å²) < 4.78 is 7.62. The summed E-state index contributed by atoms with van der Waals surface area (Å²) in [5.74, 6) is 1.02. The molecule has 0 spiro atoms. The highest BCUT2D eigenvalue weighted by atomic mass is 32.1. The minimum Gasteiger partial charge on any atom is -0.504 e. The summed E-state index contributed by atoms with van der Waals surface area (Å²) in [5.41, 5.74) is 3.85. The van der Waals surface area contributed by atoms with E-state index >= 15 is 0 Å². The summed E-state index contributed by atoms with van der Waals surface area (Å²) in [6, 6.07) is 24.4. The molecule has 0 saturated carbocycles. The van der Waals surface area contributed by atoms with E-state index in [0.29, 0.717) is 0 Å². The average Bonchev–Trinajstić information content (AvgIpc) is 3.25. The number of benzene rings is 3. The van der Waals surface area contributed by atoms with Crippen molar-refractivity contribution in [1.82, 2.24) is 4.57 Å². The van der Waals surface area contributed by atoms with Crippen molar-refractivity contribution in [2.24, 2.45) is 0 Å². The highest BCUT2D eigenvalue weighted by Gasteiger charge is 2.20. The second-order valence-corrected chi connectivity index (χ2v) is 7.23. The summed E-state index contributed by atoms with van der Waals surface area (Å²) in [4.78, 5) is 0. The molecular weight excluding hydrogens is 354 g/mol. The molecule has 0 aliphatic carbocycles. The second kappa shape index (κ2) is 6.18. The van der Waals surface area contributed by atoms with Gasteiger partial charge in [0.1, 0.15) is 10.8 Å². The molecule has 0 aliphatic rings. The molecule has 132 valence electrons. The number of rotatable bonds is 3. The van der Waals surface area contributed by atoms with Crippen molar-refractivity contribution >= 4 is 33.1 Å². The molecule has 0 amide bonds. The van der Waals surface area contributed by atoms with Crippen molar-refractivity contribution in [2.75, 3.05) is 7.11 Å². The maximum atomic E-state index is 11.1. The van der Waals surface area contributed by atoms with E-state index in [0.717, 1.165) is 32.9 Å². The zero-order valence-electron chi connectivity index (χ0n) is 14.7. The molecule has 0 bridgehead atoms. The van der Waals surface area contributed by atoms with E-state index in [-0.39, 0.29) is 5.75 Å². The molecule has 5 rings (SSSR count). The Morgan fingerprint density at radius 2 is 1.37 bits per heavy atom. The van der Waals surface area contributed by atoms with Crippen LogP contribution in [0.3, 0.4) is 0 Å². The molecule has 0 atom stereocenters. The van der Waals surface area contributed by atoms with Gasteiger partial charge in [-0.1, -0.05) is 54.6 Å². The fraction of sp³-hybridized carbons (Fsp3) is 0.0435. The van der Waals surface area contributed by atoms with Crippen molar-refractivity contribution in [2.45, 2.75) is 0 Å². The Hall–Kier alpha value is -3.24. The Balaban J connectivity index is 1.81. The Morgan fingerprint density at radius 1 is 0.778 bits per heavy atom. The third-order valence-electron chi connectivity index (χ3n) is 4.93. The lowest BCUT2D eigenvalue weighted by Gasteiger charge is -2.09. The van der Waals surface area contributed by atoms with Crippen LogP contribution in [0.25, 0.3) is 37.9 Å². The Bertz CT molecular complexity index is 1230. The molecular formula is C23H17NO2S. The summed E-state index contributed by atoms with van der Waals surface area (Å²) >= 11 is 1.54. The lowest BCUT2D eigenvalue weighted by molar-refractivity contribution is 0.416. The maximum Gasteiger partial charge on any atom is 0.158 e. The number of thiophene rings is 1. The van der Waals surface area contributed by atoms with Gasteiger partial charge in [-0.05, 0) is 18.2 Å². The van der Waals surface area contributed by atoms with Crippen LogP contribution in [0, 0.1) is 0 Å². The molecule has 0 saturated heterocycles. The van der Waals surface area contributed by atoms with E-state index in [2.05, 4.69) is 28.8 Å². The van der Waals surface area contributed by atoms with E-state index in [9.17, 15) is 5.11 Å². The van der Waals surface area contributed by atoms with Gasteiger partial charge in [-0.3, -0.25) is 4.57 Å². The van der Waals surface area contributed by atoms with Crippen molar-refractivity contribution in [3.8, 4) is 27.6 Å². The second-order valence-electron chi connectivity index (χ2n) is 6.37. The molecule has 0 radical (unpaired) electrons. The van der Waals surface area contributed by atoms with Crippen LogP contribution >= 0.6 is 11.3 Å². The van der Waals surface area contributed by atoms with Crippen molar-refractivity contribution in [3.05, 3.63) is 78.2 Å². The highest BCUT2D eigenvalue weighted by Crippen LogP contribution is 2.45. The molecule has 0 fully saturated rings. The van der Waals surface area contributed by atoms with E-state index in [1.54, 1.807) is 7.11 Å². The molecule has 1 N–H and O–H groups in total. The molecule has 5 aromatic rings. The van der Waals surface area contributed by atoms with Gasteiger partial charge in [0.15, 0.2) is 5.75 Å². The van der Waals surface area contributed by atoms with Gasteiger partial charge in [0.2, 0.25) is 0 Å². The summed E-state index contributed by atoms with van der Waals surface area (Å²) in [5, 5.41) is 16.3. The SMILES string of the molecule is COc1ccccc1-c1csc(-n2c3ccccc3c3ccccc32)c1O. The normalized spacial score (nSPS) is 11.3. The zero-order valence-corrected chi connectivity index (χ0v) is 15.5. The van der Waals surface area contributed by atoms with E-state index in [4.69, 9.17) is 4.74 Å². The third-order valence-corrected chi connectivity index (χ3v) is 5.88. The number of nitrogens with zero attached hydrogens (tertiary/aromatic N) is 1. The molecule has 2 aromatic heterocycles. The number of methoxy groups -OCH3 is 1. The summed E-state index contributed by atoms with van der Waals surface area (Å²) in [7, 11) is 1.65. The molecule has 4 heteroatoms. The van der Waals surface area contributed by atoms with E-state index in [1.165, 1.54) is 22.1 Å². The van der Waals surface area contributed by atoms with Crippen molar-refractivity contribution < 1.29 is 9.84 Å². The van der Waals surface area contributed by atoms with Gasteiger partial charge in [0.25, 0.3) is 0 Å². The van der Waals surface area contributed by atoms with Crippen LogP contribution in [-0.2, 0) is 0 Å². The van der Waals surface area contributed by atoms with Crippen LogP contribution in [-0.4, -0.2) is 16.8 Å². The lowest BCUT2D eigenvalue weighted by atomic mass is 10.1. The molecule has 3 aromatic carbocycles. The Labute approximate surface area is 160 Å². The van der Waals surface area contributed by atoms with Gasteiger partial charge in [-0.15, -0.1) is 11.3 Å². The first-order valence-corrected chi connectivity index (χ1v) is 9.60. The van der Waals surface area contributed by atoms with Gasteiger partial charge in [-0.2, -0.15) is 0 Å². The van der Waals surface area contributed by atoms with Crippen LogP contribution in [0.1, 0.15) is 0 Å². The first kappa shape index (κ1) is 16.0. The maximum absolute atomic E-state index is 11.1. The topological polar surface area (TPSA) is 34.4 Å². The first-order chi connectivity index (χ1) is 13.3. The highest BCUT2D eigenvalue weighted by molar-refractivity contribution is 7.13. The minimum absolute atomic E-state index is 0.274. The quantitative estimate of drug-likeness (QED) is 0.408. The van der Waals surface area contributed by atoms with E-state index < -0.39 is 0 Å². The monoisotopic (exact) mass is 371 g/mol. The smallest absolute Gasteiger partial charge is 0.158 e. The number of ether oxygens (including phenoxy) is 1. The Kier molecular flexibility index (Phi) is 3.66. The van der Waals surface area contributed by atoms with Gasteiger partial charge in [0, 0.05) is 27.3 Å². The largest absolute Gasteiger partial charge is 0.504 e. The average molecular weight is 371 g/mol. The molecule has 3 nitrogen and oxygen atoms in total. The summed E-state index contributed by atoms with van der Waals surface area (Å²) in [6.07, 6.45) is 0. The number of hydrogen-bond acceptors (Lipinski definition) is 3. The molecule has 27 heavy (non-hydrogen) atoms. The van der Waals surface area contributed by atoms with Crippen LogP contribution in [0.4, 0.5) is 0 Å². The van der Waals surface area contributed by atoms with Gasteiger partial charge in [-0.25, -0.2) is 0 Å². The van der Waals surface area contributed by atoms with Crippen LogP contribution in [0.15, 0.2) is 78.2 Å². The first-order valence-electron chi connectivity index (χ1n) is 8.72. The number of aromatic hydroxyl groups is 1. The zero-order chi connectivity index (χ0) is 18.4. The lowest BCUT2D eigenvalue weighted by Crippen LogP contribution is -1.91. The predicted molar refractivity (Wildman–Crippen MR) is 112 cm³/mol. The summed E-state index contributed by atoms with van der Waals surface area (Å²) in [6.45, 7) is 0. The van der Waals surface area contributed by atoms with Crippen LogP contribution in [0.2, 0.25) is 0 Å². The Morgan fingerprint density at radius 3 is 2.04 bits per heavy atom. The minimum atomic E-state index is 0.274. The standard InChI is InChI=1S/C23H17NO2S/c1-26-21-13-7-4-10-17(21)18-14-27-23(22(18)25)24-19-11-5-2-8-15(19)16-9-3-6-12-20(16)24/h2-14,25H,1H3. The fourth-order valence-corrected chi connectivity index (χ4v) is 4.69. The number of aromatic nitrogens is 1. The predicted octanol–water partition coefficient (Wildman–Crippen LogP) is 6.23. The van der Waals surface area contributed by atoms with E-state index in [1.807, 2.05) is 53.9 Å². The number of hydrogen-bond donors (Lipinski definition) is 1. The molecule has 0 aliphatic heterocycles. The molecule has 2 heterocycles. The van der Waals surface area contributed by atoms with Gasteiger partial charge < -0.3 is 9.84 Å². The van der Waals surface area contributed by atoms with Crippen molar-refractivity contribution in [1.29, 1.82) is 0 Å². The number of fused-ring (bicyclic) bond motifs is 3. The van der Waals surface area contributed by atoms with Crippen LogP contribution < -0.4 is 4.74 Å².